The molecule has 3 fully saturated rings. The molecule has 0 radical (unpaired) electrons. The number of ether oxygens (including phenoxy) is 3. The molecule has 28 heavy (non-hydrogen) atoms. The van der Waals surface area contributed by atoms with Gasteiger partial charge in [0.25, 0.3) is 5.91 Å². The number of amides is 2. The molecule has 152 valence electrons. The Labute approximate surface area is 165 Å². The third-order valence-corrected chi connectivity index (χ3v) is 6.36. The molecule has 0 aliphatic carbocycles. The molecular formula is C21H28N2O5. The van der Waals surface area contributed by atoms with Crippen LogP contribution in [0.25, 0.3) is 0 Å². The first-order valence-corrected chi connectivity index (χ1v) is 10.0. The lowest BCUT2D eigenvalue weighted by Crippen LogP contribution is -2.49. The van der Waals surface area contributed by atoms with Crippen molar-refractivity contribution in [2.45, 2.75) is 12.8 Å². The van der Waals surface area contributed by atoms with E-state index in [4.69, 9.17) is 14.2 Å². The lowest BCUT2D eigenvalue weighted by Gasteiger charge is -2.39. The number of carbonyl (C=O) groups is 2. The fraction of sp³-hybridized carbons (Fsp3) is 0.619. The van der Waals surface area contributed by atoms with E-state index in [1.807, 2.05) is 21.9 Å². The highest BCUT2D eigenvalue weighted by Crippen LogP contribution is 2.45. The number of likely N-dealkylation sites (tertiary alicyclic amines) is 1. The molecule has 4 rings (SSSR count). The van der Waals surface area contributed by atoms with Crippen LogP contribution in [0.3, 0.4) is 0 Å². The van der Waals surface area contributed by atoms with Crippen LogP contribution in [-0.4, -0.2) is 81.3 Å². The summed E-state index contributed by atoms with van der Waals surface area (Å²) in [7, 11) is 1.59. The summed E-state index contributed by atoms with van der Waals surface area (Å²) in [6.07, 6.45) is 1.63. The molecule has 1 aromatic carbocycles. The van der Waals surface area contributed by atoms with E-state index < -0.39 is 0 Å². The van der Waals surface area contributed by atoms with Crippen LogP contribution in [0, 0.1) is 11.3 Å². The van der Waals surface area contributed by atoms with Crippen molar-refractivity contribution in [2.75, 3.05) is 59.7 Å². The smallest absolute Gasteiger partial charge is 0.254 e. The molecule has 7 nitrogen and oxygen atoms in total. The number of carbonyl (C=O) groups excluding carboxylic acids is 2. The summed E-state index contributed by atoms with van der Waals surface area (Å²) < 4.78 is 16.2. The van der Waals surface area contributed by atoms with E-state index in [1.165, 1.54) is 0 Å². The largest absolute Gasteiger partial charge is 0.497 e. The minimum absolute atomic E-state index is 0.0398. The van der Waals surface area contributed by atoms with Gasteiger partial charge in [-0.1, -0.05) is 6.07 Å². The predicted octanol–water partition coefficient (Wildman–Crippen LogP) is 1.42. The standard InChI is InChI=1S/C21H28N2O5/c1-26-17-4-2-3-16(13-17)19(24)23-14-18(20(25)22-7-11-28-12-8-22)21(15-23)5-9-27-10-6-21/h2-4,13,18H,5-12,14-15H2,1H3. The quantitative estimate of drug-likeness (QED) is 0.784. The number of nitrogens with zero attached hydrogens (tertiary/aromatic N) is 2. The number of hydrogen-bond acceptors (Lipinski definition) is 5. The maximum absolute atomic E-state index is 13.4. The molecule has 1 spiro atoms. The van der Waals surface area contributed by atoms with Crippen molar-refractivity contribution in [2.24, 2.45) is 11.3 Å². The van der Waals surface area contributed by atoms with Gasteiger partial charge in [0.2, 0.25) is 5.91 Å². The zero-order valence-electron chi connectivity index (χ0n) is 16.4. The van der Waals surface area contributed by atoms with Crippen molar-refractivity contribution in [3.8, 4) is 5.75 Å². The van der Waals surface area contributed by atoms with Gasteiger partial charge in [0.1, 0.15) is 5.75 Å². The van der Waals surface area contributed by atoms with Crippen molar-refractivity contribution in [3.05, 3.63) is 29.8 Å². The summed E-state index contributed by atoms with van der Waals surface area (Å²) in [5.74, 6) is 0.601. The monoisotopic (exact) mass is 388 g/mol. The highest BCUT2D eigenvalue weighted by Gasteiger charge is 2.52. The Balaban J connectivity index is 1.57. The minimum Gasteiger partial charge on any atom is -0.497 e. The van der Waals surface area contributed by atoms with Gasteiger partial charge >= 0.3 is 0 Å². The van der Waals surface area contributed by atoms with Crippen LogP contribution in [0.1, 0.15) is 23.2 Å². The third-order valence-electron chi connectivity index (χ3n) is 6.36. The Morgan fingerprint density at radius 1 is 1.07 bits per heavy atom. The van der Waals surface area contributed by atoms with Gasteiger partial charge in [-0.25, -0.2) is 0 Å². The molecule has 0 N–H and O–H groups in total. The Hall–Kier alpha value is -2.12. The van der Waals surface area contributed by atoms with E-state index in [0.717, 1.165) is 12.8 Å². The second kappa shape index (κ2) is 8.09. The van der Waals surface area contributed by atoms with E-state index in [0.29, 0.717) is 63.9 Å². The summed E-state index contributed by atoms with van der Waals surface area (Å²) in [4.78, 5) is 30.3. The average Bonchev–Trinajstić information content (AvgIpc) is 3.12. The Bertz CT molecular complexity index is 725. The molecule has 7 heteroatoms. The van der Waals surface area contributed by atoms with Crippen LogP contribution >= 0.6 is 0 Å². The first-order chi connectivity index (χ1) is 13.6. The second-order valence-electron chi connectivity index (χ2n) is 7.88. The van der Waals surface area contributed by atoms with Gasteiger partial charge < -0.3 is 24.0 Å². The van der Waals surface area contributed by atoms with Gasteiger partial charge in [0, 0.05) is 50.4 Å². The van der Waals surface area contributed by atoms with Gasteiger partial charge in [-0.3, -0.25) is 9.59 Å². The number of methoxy groups -OCH3 is 1. The zero-order valence-corrected chi connectivity index (χ0v) is 16.4. The zero-order chi connectivity index (χ0) is 19.6. The lowest BCUT2D eigenvalue weighted by molar-refractivity contribution is -0.144. The highest BCUT2D eigenvalue weighted by atomic mass is 16.5. The van der Waals surface area contributed by atoms with Gasteiger partial charge in [0.15, 0.2) is 0 Å². The van der Waals surface area contributed by atoms with E-state index in [1.54, 1.807) is 19.2 Å². The van der Waals surface area contributed by atoms with Crippen LogP contribution in [0.2, 0.25) is 0 Å². The second-order valence-corrected chi connectivity index (χ2v) is 7.88. The molecule has 3 heterocycles. The molecule has 3 aliphatic heterocycles. The SMILES string of the molecule is COc1cccc(C(=O)N2CC(C(=O)N3CCOCC3)C3(CCOCC3)C2)c1. The molecule has 1 aromatic rings. The number of rotatable bonds is 3. The average molecular weight is 388 g/mol. The van der Waals surface area contributed by atoms with Crippen molar-refractivity contribution in [3.63, 3.8) is 0 Å². The van der Waals surface area contributed by atoms with Crippen LogP contribution in [0.5, 0.6) is 5.75 Å². The normalized spacial score (nSPS) is 24.4. The van der Waals surface area contributed by atoms with Gasteiger partial charge in [-0.15, -0.1) is 0 Å². The topological polar surface area (TPSA) is 68.3 Å². The van der Waals surface area contributed by atoms with Crippen LogP contribution in [0.4, 0.5) is 0 Å². The van der Waals surface area contributed by atoms with E-state index in [2.05, 4.69) is 0 Å². The summed E-state index contributed by atoms with van der Waals surface area (Å²) in [6.45, 7) is 4.79. The molecule has 3 aliphatic rings. The van der Waals surface area contributed by atoms with Crippen molar-refractivity contribution in [1.29, 1.82) is 0 Å². The number of hydrogen-bond donors (Lipinski definition) is 0. The minimum atomic E-state index is -0.192. The van der Waals surface area contributed by atoms with E-state index >= 15 is 0 Å². The summed E-state index contributed by atoms with van der Waals surface area (Å²) in [5, 5.41) is 0. The summed E-state index contributed by atoms with van der Waals surface area (Å²) >= 11 is 0. The maximum atomic E-state index is 13.4. The number of morpholine rings is 1. The first kappa shape index (κ1) is 19.2. The molecular weight excluding hydrogens is 360 g/mol. The maximum Gasteiger partial charge on any atom is 0.254 e. The molecule has 1 unspecified atom stereocenters. The van der Waals surface area contributed by atoms with Crippen molar-refractivity contribution >= 4 is 11.8 Å². The highest BCUT2D eigenvalue weighted by molar-refractivity contribution is 5.95. The summed E-state index contributed by atoms with van der Waals surface area (Å²) in [6, 6.07) is 7.21. The van der Waals surface area contributed by atoms with Crippen LogP contribution in [0.15, 0.2) is 24.3 Å². The fourth-order valence-corrected chi connectivity index (χ4v) is 4.69. The molecule has 0 aromatic heterocycles. The van der Waals surface area contributed by atoms with Gasteiger partial charge in [-0.05, 0) is 31.0 Å². The van der Waals surface area contributed by atoms with Crippen molar-refractivity contribution in [1.82, 2.24) is 9.80 Å². The molecule has 3 saturated heterocycles. The van der Waals surface area contributed by atoms with Crippen LogP contribution in [-0.2, 0) is 14.3 Å². The van der Waals surface area contributed by atoms with Gasteiger partial charge in [0.05, 0.1) is 26.2 Å². The lowest BCUT2D eigenvalue weighted by atomic mass is 9.71. The molecule has 1 atom stereocenters. The van der Waals surface area contributed by atoms with E-state index in [9.17, 15) is 9.59 Å². The van der Waals surface area contributed by atoms with Crippen molar-refractivity contribution < 1.29 is 23.8 Å². The molecule has 0 bridgehead atoms. The molecule has 0 saturated carbocycles. The van der Waals surface area contributed by atoms with E-state index in [-0.39, 0.29) is 23.1 Å². The Morgan fingerprint density at radius 2 is 1.79 bits per heavy atom. The Kier molecular flexibility index (Phi) is 5.55. The van der Waals surface area contributed by atoms with Gasteiger partial charge in [-0.2, -0.15) is 0 Å². The molecule has 2 amide bonds. The summed E-state index contributed by atoms with van der Waals surface area (Å²) in [5.41, 5.74) is 0.406. The Morgan fingerprint density at radius 3 is 2.50 bits per heavy atom. The number of benzene rings is 1. The van der Waals surface area contributed by atoms with Crippen LogP contribution < -0.4 is 4.74 Å². The predicted molar refractivity (Wildman–Crippen MR) is 102 cm³/mol. The fourth-order valence-electron chi connectivity index (χ4n) is 4.69. The first-order valence-electron chi connectivity index (χ1n) is 10.0. The third kappa shape index (κ3) is 3.61.